The summed E-state index contributed by atoms with van der Waals surface area (Å²) < 4.78 is 8.21. The van der Waals surface area contributed by atoms with Gasteiger partial charge in [-0.1, -0.05) is 35.9 Å². The standard InChI is InChI=1S/C25H34N6O/c1-3-26-25(27-15-6-10-23-30-29-22-9-4-5-16-31(22)23)28-18-21-8-7-17-32-24(21)20-13-11-19(2)12-14-20/h4-5,9,11-14,16,21,24H,3,6-8,10,15,17-18H2,1-2H3,(H2,26,27,28). The van der Waals surface area contributed by atoms with Crippen molar-refractivity contribution in [1.29, 1.82) is 0 Å². The Labute approximate surface area is 190 Å². The monoisotopic (exact) mass is 434 g/mol. The molecular weight excluding hydrogens is 400 g/mol. The molecule has 2 atom stereocenters. The van der Waals surface area contributed by atoms with E-state index in [2.05, 4.69) is 58.9 Å². The van der Waals surface area contributed by atoms with Crippen LogP contribution >= 0.6 is 0 Å². The topological polar surface area (TPSA) is 75.8 Å². The molecule has 0 saturated carbocycles. The quantitative estimate of drug-likeness (QED) is 0.321. The Balaban J connectivity index is 1.32. The van der Waals surface area contributed by atoms with Crippen molar-refractivity contribution >= 4 is 11.6 Å². The fourth-order valence-corrected chi connectivity index (χ4v) is 4.22. The number of fused-ring (bicyclic) bond motifs is 1. The number of pyridine rings is 1. The summed E-state index contributed by atoms with van der Waals surface area (Å²) in [6.45, 7) is 7.46. The van der Waals surface area contributed by atoms with Crippen LogP contribution in [-0.4, -0.2) is 46.8 Å². The van der Waals surface area contributed by atoms with Crippen molar-refractivity contribution < 1.29 is 4.74 Å². The molecule has 7 heteroatoms. The van der Waals surface area contributed by atoms with Gasteiger partial charge in [0.15, 0.2) is 11.6 Å². The highest BCUT2D eigenvalue weighted by molar-refractivity contribution is 5.79. The maximum Gasteiger partial charge on any atom is 0.191 e. The second kappa shape index (κ2) is 11.1. The number of aliphatic imine (C=N–C) groups is 1. The predicted molar refractivity (Wildman–Crippen MR) is 128 cm³/mol. The van der Waals surface area contributed by atoms with E-state index in [4.69, 9.17) is 9.73 Å². The highest BCUT2D eigenvalue weighted by atomic mass is 16.5. The zero-order chi connectivity index (χ0) is 22.2. The fourth-order valence-electron chi connectivity index (χ4n) is 4.22. The zero-order valence-corrected chi connectivity index (χ0v) is 19.1. The van der Waals surface area contributed by atoms with Gasteiger partial charge in [-0.15, -0.1) is 10.2 Å². The van der Waals surface area contributed by atoms with Crippen LogP contribution in [0.25, 0.3) is 5.65 Å². The van der Waals surface area contributed by atoms with Gasteiger partial charge in [0.05, 0.1) is 6.10 Å². The Kier molecular flexibility index (Phi) is 7.72. The average Bonchev–Trinajstić information content (AvgIpc) is 3.24. The molecule has 1 fully saturated rings. The van der Waals surface area contributed by atoms with E-state index in [1.54, 1.807) is 0 Å². The summed E-state index contributed by atoms with van der Waals surface area (Å²) in [6.07, 6.45) is 6.19. The number of aryl methyl sites for hydroxylation is 2. The average molecular weight is 435 g/mol. The summed E-state index contributed by atoms with van der Waals surface area (Å²) in [5.41, 5.74) is 3.43. The number of ether oxygens (including phenoxy) is 1. The lowest BCUT2D eigenvalue weighted by atomic mass is 9.89. The molecule has 7 nitrogen and oxygen atoms in total. The summed E-state index contributed by atoms with van der Waals surface area (Å²) in [4.78, 5) is 4.90. The van der Waals surface area contributed by atoms with Crippen LogP contribution in [0.15, 0.2) is 53.7 Å². The van der Waals surface area contributed by atoms with E-state index >= 15 is 0 Å². The molecule has 0 spiro atoms. The molecule has 2 aromatic heterocycles. The molecule has 2 N–H and O–H groups in total. The van der Waals surface area contributed by atoms with Crippen molar-refractivity contribution in [2.75, 3.05) is 26.2 Å². The highest BCUT2D eigenvalue weighted by Crippen LogP contribution is 2.33. The summed E-state index contributed by atoms with van der Waals surface area (Å²) in [5.74, 6) is 2.25. The van der Waals surface area contributed by atoms with E-state index < -0.39 is 0 Å². The SMILES string of the molecule is CCNC(=NCC1CCCOC1c1ccc(C)cc1)NCCCc1nnc2ccccn12. The zero-order valence-electron chi connectivity index (χ0n) is 19.1. The molecule has 1 aromatic carbocycles. The van der Waals surface area contributed by atoms with Crippen LogP contribution in [0, 0.1) is 12.8 Å². The van der Waals surface area contributed by atoms with Crippen LogP contribution in [0.2, 0.25) is 0 Å². The smallest absolute Gasteiger partial charge is 0.191 e. The molecule has 3 aromatic rings. The first-order chi connectivity index (χ1) is 15.7. The maximum atomic E-state index is 6.16. The number of nitrogens with one attached hydrogen (secondary N) is 2. The maximum absolute atomic E-state index is 6.16. The minimum Gasteiger partial charge on any atom is -0.373 e. The number of benzene rings is 1. The van der Waals surface area contributed by atoms with Gasteiger partial charge in [-0.3, -0.25) is 9.39 Å². The third kappa shape index (κ3) is 5.65. The number of aromatic nitrogens is 3. The molecule has 0 bridgehead atoms. The van der Waals surface area contributed by atoms with Crippen molar-refractivity contribution in [2.45, 2.75) is 45.6 Å². The summed E-state index contributed by atoms with van der Waals surface area (Å²) in [5, 5.41) is 15.4. The van der Waals surface area contributed by atoms with Crippen LogP contribution in [0.3, 0.4) is 0 Å². The molecule has 1 saturated heterocycles. The van der Waals surface area contributed by atoms with E-state index in [-0.39, 0.29) is 6.10 Å². The van der Waals surface area contributed by atoms with Crippen LogP contribution in [-0.2, 0) is 11.2 Å². The first-order valence-electron chi connectivity index (χ1n) is 11.7. The molecule has 0 amide bonds. The largest absolute Gasteiger partial charge is 0.373 e. The van der Waals surface area contributed by atoms with Crippen molar-refractivity contribution in [1.82, 2.24) is 25.2 Å². The molecule has 0 aliphatic carbocycles. The van der Waals surface area contributed by atoms with Gasteiger partial charge in [0.25, 0.3) is 0 Å². The minimum absolute atomic E-state index is 0.122. The number of guanidine groups is 1. The first kappa shape index (κ1) is 22.3. The van der Waals surface area contributed by atoms with E-state index in [1.807, 2.05) is 28.8 Å². The van der Waals surface area contributed by atoms with E-state index in [0.29, 0.717) is 5.92 Å². The number of rotatable bonds is 8. The van der Waals surface area contributed by atoms with Crippen LogP contribution in [0.4, 0.5) is 0 Å². The van der Waals surface area contributed by atoms with Gasteiger partial charge in [-0.05, 0) is 50.8 Å². The molecule has 32 heavy (non-hydrogen) atoms. The van der Waals surface area contributed by atoms with Gasteiger partial charge in [0, 0.05) is 44.8 Å². The second-order valence-corrected chi connectivity index (χ2v) is 8.40. The lowest BCUT2D eigenvalue weighted by molar-refractivity contribution is -0.0250. The Hall–Kier alpha value is -2.93. The molecule has 4 rings (SSSR count). The second-order valence-electron chi connectivity index (χ2n) is 8.40. The van der Waals surface area contributed by atoms with Gasteiger partial charge < -0.3 is 15.4 Å². The third-order valence-electron chi connectivity index (χ3n) is 5.93. The fraction of sp³-hybridized carbons (Fsp3) is 0.480. The highest BCUT2D eigenvalue weighted by Gasteiger charge is 2.27. The predicted octanol–water partition coefficient (Wildman–Crippen LogP) is 3.69. The van der Waals surface area contributed by atoms with E-state index in [0.717, 1.165) is 69.4 Å². The van der Waals surface area contributed by atoms with Crippen molar-refractivity contribution in [3.63, 3.8) is 0 Å². The first-order valence-corrected chi connectivity index (χ1v) is 11.7. The van der Waals surface area contributed by atoms with E-state index in [1.165, 1.54) is 11.1 Å². The van der Waals surface area contributed by atoms with Gasteiger partial charge >= 0.3 is 0 Å². The molecule has 3 heterocycles. The van der Waals surface area contributed by atoms with Gasteiger partial charge in [0.1, 0.15) is 5.82 Å². The van der Waals surface area contributed by atoms with Crippen LogP contribution < -0.4 is 10.6 Å². The van der Waals surface area contributed by atoms with Gasteiger partial charge in [0.2, 0.25) is 0 Å². The molecular formula is C25H34N6O. The lowest BCUT2D eigenvalue weighted by Crippen LogP contribution is -2.38. The molecule has 2 unspecified atom stereocenters. The normalized spacial score (nSPS) is 19.2. The van der Waals surface area contributed by atoms with Crippen molar-refractivity contribution in [2.24, 2.45) is 10.9 Å². The Morgan fingerprint density at radius 1 is 1.16 bits per heavy atom. The molecule has 170 valence electrons. The minimum atomic E-state index is 0.122. The Morgan fingerprint density at radius 2 is 2.03 bits per heavy atom. The van der Waals surface area contributed by atoms with Crippen LogP contribution in [0.1, 0.15) is 49.2 Å². The number of hydrogen-bond donors (Lipinski definition) is 2. The van der Waals surface area contributed by atoms with Gasteiger partial charge in [-0.25, -0.2) is 0 Å². The van der Waals surface area contributed by atoms with E-state index in [9.17, 15) is 0 Å². The molecule has 1 aliphatic rings. The third-order valence-corrected chi connectivity index (χ3v) is 5.93. The summed E-state index contributed by atoms with van der Waals surface area (Å²) in [7, 11) is 0. The van der Waals surface area contributed by atoms with Crippen molar-refractivity contribution in [3.8, 4) is 0 Å². The summed E-state index contributed by atoms with van der Waals surface area (Å²) in [6, 6.07) is 14.7. The number of hydrogen-bond acceptors (Lipinski definition) is 4. The lowest BCUT2D eigenvalue weighted by Gasteiger charge is -2.31. The Morgan fingerprint density at radius 3 is 2.88 bits per heavy atom. The van der Waals surface area contributed by atoms with Crippen molar-refractivity contribution in [3.05, 3.63) is 65.6 Å². The summed E-state index contributed by atoms with van der Waals surface area (Å²) >= 11 is 0. The van der Waals surface area contributed by atoms with Crippen LogP contribution in [0.5, 0.6) is 0 Å². The molecule has 1 aliphatic heterocycles. The molecule has 0 radical (unpaired) electrons. The van der Waals surface area contributed by atoms with Gasteiger partial charge in [-0.2, -0.15) is 0 Å². The Bertz CT molecular complexity index is 1010. The number of nitrogens with zero attached hydrogens (tertiary/aromatic N) is 4.